The van der Waals surface area contributed by atoms with E-state index in [1.165, 1.54) is 59.4 Å². The summed E-state index contributed by atoms with van der Waals surface area (Å²) < 4.78 is 26.7. The van der Waals surface area contributed by atoms with Crippen molar-refractivity contribution in [3.63, 3.8) is 0 Å². The van der Waals surface area contributed by atoms with Crippen molar-refractivity contribution in [1.82, 2.24) is 15.0 Å². The van der Waals surface area contributed by atoms with Crippen LogP contribution < -0.4 is 15.1 Å². The Kier molecular flexibility index (Phi) is 11.7. The van der Waals surface area contributed by atoms with Gasteiger partial charge in [-0.3, -0.25) is 9.97 Å². The minimum atomic E-state index is 0.592. The van der Waals surface area contributed by atoms with Crippen LogP contribution in [0.25, 0.3) is 170 Å². The largest absolute Gasteiger partial charge is 0.454 e. The van der Waals surface area contributed by atoms with Gasteiger partial charge in [-0.1, -0.05) is 164 Å². The van der Waals surface area contributed by atoms with Crippen molar-refractivity contribution >= 4 is 177 Å². The zero-order valence-electron chi connectivity index (χ0n) is 52.4. The van der Waals surface area contributed by atoms with Gasteiger partial charge < -0.3 is 32.8 Å². The number of benzene rings is 13. The first-order chi connectivity index (χ1) is 48.6. The van der Waals surface area contributed by atoms with Crippen molar-refractivity contribution in [2.24, 2.45) is 0 Å². The molecule has 8 heterocycles. The molecular weight excluding hydrogens is 1210 g/mol. The number of nitrogens with one attached hydrogen (secondary N) is 1. The Bertz CT molecular complexity index is 6660. The Balaban J connectivity index is 0.650. The van der Waals surface area contributed by atoms with Gasteiger partial charge in [0, 0.05) is 80.6 Å². The number of anilines is 7. The Morgan fingerprint density at radius 3 is 1.67 bits per heavy atom. The molecule has 10 heteroatoms. The van der Waals surface area contributed by atoms with Crippen molar-refractivity contribution < 1.29 is 17.7 Å². The molecule has 20 aromatic rings. The Morgan fingerprint density at radius 2 is 0.888 bits per heavy atom. The monoisotopic (exact) mass is 1260 g/mol. The molecule has 458 valence electrons. The lowest BCUT2D eigenvalue weighted by atomic mass is 9.88. The molecule has 13 aromatic carbocycles. The van der Waals surface area contributed by atoms with Crippen LogP contribution in [0.3, 0.4) is 0 Å². The predicted octanol–water partition coefficient (Wildman–Crippen LogP) is 24.5. The average molecular weight is 1260 g/mol. The summed E-state index contributed by atoms with van der Waals surface area (Å²) in [6.07, 6.45) is 11.5. The first kappa shape index (κ1) is 54.1. The van der Waals surface area contributed by atoms with E-state index in [4.69, 9.17) is 22.7 Å². The summed E-state index contributed by atoms with van der Waals surface area (Å²) in [5.74, 6) is 0.772. The Labute approximate surface area is 558 Å². The maximum atomic E-state index is 6.71. The van der Waals surface area contributed by atoms with Crippen molar-refractivity contribution in [3.05, 3.63) is 297 Å². The quantitative estimate of drug-likeness (QED) is 0.140. The Morgan fingerprint density at radius 1 is 0.337 bits per heavy atom. The van der Waals surface area contributed by atoms with Crippen LogP contribution in [-0.4, -0.2) is 21.5 Å². The summed E-state index contributed by atoms with van der Waals surface area (Å²) in [4.78, 5) is 18.3. The highest BCUT2D eigenvalue weighted by atomic mass is 16.4. The smallest absolute Gasteiger partial charge is 0.227 e. The standard InChI is InChI=1S/C88H52N6O4/c1-2-13-61-60(12-1)70(52-35-39-59(40-36-52)93(75-22-7-18-66-74-50-89-45-41-79(74)95-83(66)75)76-23-5-16-64-67-20-9-43-91-87(67)97-84(64)76)47-55-30-31-56(48-71(55)61)72-49-57-32-28-53-27-29-54(46-73(53)81(57)63-15-4-3-14-62(63)72)51-33-37-58(38-34-51)94(77-24-6-17-65-68-21-10-44-92-88(68)98-85(65)77)78-25-8-19-69-82-80(96-86(69)78)26-11-42-90-82/h1-42,44-50,91H,43H2. The highest BCUT2D eigenvalue weighted by Gasteiger charge is 2.28. The maximum absolute atomic E-state index is 6.71. The molecule has 0 saturated heterocycles. The van der Waals surface area contributed by atoms with Gasteiger partial charge in [-0.25, -0.2) is 4.98 Å². The number of para-hydroxylation sites is 4. The number of nitrogens with zero attached hydrogens (tertiary/aromatic N) is 5. The summed E-state index contributed by atoms with van der Waals surface area (Å²) in [6.45, 7) is 0.709. The van der Waals surface area contributed by atoms with E-state index < -0.39 is 0 Å². The molecule has 0 unspecified atom stereocenters. The van der Waals surface area contributed by atoms with E-state index in [1.807, 2.05) is 36.7 Å². The van der Waals surface area contributed by atoms with Crippen molar-refractivity contribution in [2.45, 2.75) is 0 Å². The molecule has 0 fully saturated rings. The third-order valence-electron chi connectivity index (χ3n) is 20.0. The van der Waals surface area contributed by atoms with Gasteiger partial charge in [-0.15, -0.1) is 0 Å². The van der Waals surface area contributed by atoms with Crippen LogP contribution in [0.2, 0.25) is 0 Å². The lowest BCUT2D eigenvalue weighted by Crippen LogP contribution is -2.10. The van der Waals surface area contributed by atoms with E-state index in [9.17, 15) is 0 Å². The molecule has 1 aliphatic heterocycles. The third-order valence-corrected chi connectivity index (χ3v) is 20.0. The molecule has 7 aromatic heterocycles. The van der Waals surface area contributed by atoms with E-state index in [0.717, 1.165) is 145 Å². The lowest BCUT2D eigenvalue weighted by Gasteiger charge is -2.26. The molecule has 0 saturated carbocycles. The zero-order chi connectivity index (χ0) is 64.1. The molecule has 0 bridgehead atoms. The summed E-state index contributed by atoms with van der Waals surface area (Å²) in [7, 11) is 0. The summed E-state index contributed by atoms with van der Waals surface area (Å²) in [5.41, 5.74) is 19.3. The fourth-order valence-electron chi connectivity index (χ4n) is 15.6. The first-order valence-electron chi connectivity index (χ1n) is 33.0. The molecule has 0 radical (unpaired) electrons. The van der Waals surface area contributed by atoms with E-state index >= 15 is 0 Å². The van der Waals surface area contributed by atoms with Crippen LogP contribution in [0, 0.1) is 0 Å². The minimum absolute atomic E-state index is 0.592. The van der Waals surface area contributed by atoms with E-state index in [-0.39, 0.29) is 0 Å². The van der Waals surface area contributed by atoms with E-state index in [0.29, 0.717) is 12.3 Å². The molecule has 21 rings (SSSR count). The second-order valence-electron chi connectivity index (χ2n) is 25.4. The fraction of sp³-hybridized carbons (Fsp3) is 0.0114. The highest BCUT2D eigenvalue weighted by molar-refractivity contribution is 6.25. The minimum Gasteiger partial charge on any atom is -0.454 e. The number of rotatable bonds is 9. The van der Waals surface area contributed by atoms with Gasteiger partial charge in [-0.2, -0.15) is 0 Å². The number of fused-ring (bicyclic) bond motifs is 20. The highest BCUT2D eigenvalue weighted by Crippen LogP contribution is 2.50. The van der Waals surface area contributed by atoms with Gasteiger partial charge in [0.05, 0.1) is 22.7 Å². The maximum Gasteiger partial charge on any atom is 0.227 e. The van der Waals surface area contributed by atoms with Crippen LogP contribution in [0.5, 0.6) is 0 Å². The molecule has 1 N–H and O–H groups in total. The molecular formula is C88H52N6O4. The normalized spacial score (nSPS) is 12.5. The van der Waals surface area contributed by atoms with Gasteiger partial charge in [-0.05, 0) is 196 Å². The van der Waals surface area contributed by atoms with E-state index in [2.05, 4.69) is 274 Å². The fourth-order valence-corrected chi connectivity index (χ4v) is 15.6. The zero-order valence-corrected chi connectivity index (χ0v) is 52.4. The van der Waals surface area contributed by atoms with Crippen LogP contribution in [0.1, 0.15) is 5.56 Å². The van der Waals surface area contributed by atoms with Gasteiger partial charge in [0.1, 0.15) is 11.1 Å². The molecule has 0 aliphatic carbocycles. The first-order valence-corrected chi connectivity index (χ1v) is 33.0. The predicted molar refractivity (Wildman–Crippen MR) is 402 cm³/mol. The van der Waals surface area contributed by atoms with Crippen LogP contribution in [0.4, 0.5) is 40.0 Å². The van der Waals surface area contributed by atoms with Gasteiger partial charge in [0.25, 0.3) is 0 Å². The second-order valence-corrected chi connectivity index (χ2v) is 25.4. The molecule has 0 atom stereocenters. The molecule has 1 aliphatic rings. The van der Waals surface area contributed by atoms with Gasteiger partial charge in [0.15, 0.2) is 27.9 Å². The number of furan rings is 4. The second kappa shape index (κ2) is 21.1. The summed E-state index contributed by atoms with van der Waals surface area (Å²) >= 11 is 0. The SMILES string of the molecule is C1=Cc2c(oc3c(N(c4ccc(-c5cc6ccc(-c7cc8ccc9ccc(-c%10ccc(N(c%11cccc%12c%11oc%11ncccc%11%12)c%11cccc%12c%11oc%11cccnc%11%12)cc%10)cc9c8c8ccccc78)cc6c6ccccc56)cc4)c4cccc5c4oc4ccncc45)cccc23)NC1. The van der Waals surface area contributed by atoms with Crippen LogP contribution in [-0.2, 0) is 0 Å². The van der Waals surface area contributed by atoms with Crippen LogP contribution >= 0.6 is 0 Å². The van der Waals surface area contributed by atoms with Crippen LogP contribution in [0.15, 0.2) is 309 Å². The summed E-state index contributed by atoms with van der Waals surface area (Å²) in [5, 5.41) is 21.3. The lowest BCUT2D eigenvalue weighted by molar-refractivity contribution is 0.628. The molecule has 0 spiro atoms. The van der Waals surface area contributed by atoms with Gasteiger partial charge >= 0.3 is 0 Å². The van der Waals surface area contributed by atoms with Crippen molar-refractivity contribution in [2.75, 3.05) is 21.7 Å². The topological polar surface area (TPSA) is 110 Å². The number of aromatic nitrogens is 3. The number of pyridine rings is 3. The molecule has 98 heavy (non-hydrogen) atoms. The number of hydrogen-bond donors (Lipinski definition) is 1. The van der Waals surface area contributed by atoms with Gasteiger partial charge in [0.2, 0.25) is 11.6 Å². The molecule has 0 amide bonds. The Hall–Kier alpha value is -13.3. The third kappa shape index (κ3) is 8.18. The van der Waals surface area contributed by atoms with E-state index in [1.54, 1.807) is 12.4 Å². The molecule has 10 nitrogen and oxygen atoms in total. The van der Waals surface area contributed by atoms with Crippen molar-refractivity contribution in [1.29, 1.82) is 0 Å². The summed E-state index contributed by atoms with van der Waals surface area (Å²) in [6, 6.07) is 93.7. The number of hydrogen-bond acceptors (Lipinski definition) is 10. The van der Waals surface area contributed by atoms with Crippen molar-refractivity contribution in [3.8, 4) is 33.4 Å². The average Bonchev–Trinajstić information content (AvgIpc) is 0.997.